The van der Waals surface area contributed by atoms with E-state index in [-0.39, 0.29) is 23.2 Å². The summed E-state index contributed by atoms with van der Waals surface area (Å²) in [5.41, 5.74) is 0. The van der Waals surface area contributed by atoms with E-state index in [4.69, 9.17) is 20.9 Å². The van der Waals surface area contributed by atoms with Crippen LogP contribution in [0.2, 0.25) is 5.02 Å². The van der Waals surface area contributed by atoms with Crippen molar-refractivity contribution in [2.75, 3.05) is 7.05 Å². The number of hydrogen-bond donors (Lipinski definition) is 0. The number of amides is 1. The van der Waals surface area contributed by atoms with Crippen LogP contribution in [-0.2, 0) is 17.8 Å². The molecule has 0 spiro atoms. The summed E-state index contributed by atoms with van der Waals surface area (Å²) < 4.78 is 23.5. The molecule has 6 nitrogen and oxygen atoms in total. The number of ether oxygens (including phenoxy) is 1. The second-order valence-corrected chi connectivity index (χ2v) is 5.39. The smallest absolute Gasteiger partial charge is 0.263 e. The van der Waals surface area contributed by atoms with Gasteiger partial charge in [0.2, 0.25) is 5.89 Å². The minimum Gasteiger partial charge on any atom is -0.479 e. The standard InChI is InChI=1S/C15H17ClFN3O3/c1-4-13-18-14(23-19-13)8-20(3)15(21)9(2)22-12-6-5-10(17)7-11(12)16/h5-7,9H,4,8H2,1-3H3/t9-/m0/s1. The van der Waals surface area contributed by atoms with E-state index in [1.807, 2.05) is 6.92 Å². The van der Waals surface area contributed by atoms with Gasteiger partial charge in [-0.2, -0.15) is 4.98 Å². The van der Waals surface area contributed by atoms with Crippen LogP contribution in [0, 0.1) is 5.82 Å². The number of likely N-dealkylation sites (N-methyl/N-ethyl adjacent to an activating group) is 1. The van der Waals surface area contributed by atoms with Crippen molar-refractivity contribution in [1.82, 2.24) is 15.0 Å². The molecule has 0 saturated carbocycles. The van der Waals surface area contributed by atoms with Gasteiger partial charge in [0.25, 0.3) is 5.91 Å². The van der Waals surface area contributed by atoms with Gasteiger partial charge in [0.15, 0.2) is 11.9 Å². The first-order valence-corrected chi connectivity index (χ1v) is 7.46. The van der Waals surface area contributed by atoms with Crippen molar-refractivity contribution in [1.29, 1.82) is 0 Å². The van der Waals surface area contributed by atoms with Crippen LogP contribution in [0.15, 0.2) is 22.7 Å². The fourth-order valence-electron chi connectivity index (χ4n) is 1.90. The number of carbonyl (C=O) groups excluding carboxylic acids is 1. The molecule has 1 aromatic carbocycles. The Morgan fingerprint density at radius 2 is 2.26 bits per heavy atom. The Labute approximate surface area is 138 Å². The van der Waals surface area contributed by atoms with E-state index >= 15 is 0 Å². The molecule has 1 aromatic heterocycles. The third-order valence-electron chi connectivity index (χ3n) is 3.12. The molecule has 124 valence electrons. The number of halogens is 2. The molecule has 1 atom stereocenters. The third kappa shape index (κ3) is 4.41. The van der Waals surface area contributed by atoms with E-state index in [1.165, 1.54) is 17.0 Å². The van der Waals surface area contributed by atoms with Crippen molar-refractivity contribution in [3.63, 3.8) is 0 Å². The zero-order valence-corrected chi connectivity index (χ0v) is 13.8. The number of benzene rings is 1. The lowest BCUT2D eigenvalue weighted by atomic mass is 10.3. The minimum absolute atomic E-state index is 0.108. The van der Waals surface area contributed by atoms with Crippen LogP contribution >= 0.6 is 11.6 Å². The predicted molar refractivity (Wildman–Crippen MR) is 81.7 cm³/mol. The van der Waals surface area contributed by atoms with E-state index in [0.29, 0.717) is 18.1 Å². The van der Waals surface area contributed by atoms with Crippen LogP contribution in [0.4, 0.5) is 4.39 Å². The highest BCUT2D eigenvalue weighted by Crippen LogP contribution is 2.26. The second kappa shape index (κ2) is 7.41. The zero-order valence-electron chi connectivity index (χ0n) is 13.0. The molecule has 0 N–H and O–H groups in total. The molecule has 0 aliphatic carbocycles. The number of aryl methyl sites for hydroxylation is 1. The predicted octanol–water partition coefficient (Wildman–Crippen LogP) is 2.85. The summed E-state index contributed by atoms with van der Waals surface area (Å²) in [6.45, 7) is 3.67. The average molecular weight is 342 g/mol. The maximum absolute atomic E-state index is 13.0. The van der Waals surface area contributed by atoms with Gasteiger partial charge in [0.1, 0.15) is 11.6 Å². The molecule has 0 aliphatic heterocycles. The van der Waals surface area contributed by atoms with Gasteiger partial charge in [0.05, 0.1) is 11.6 Å². The molecule has 0 radical (unpaired) electrons. The quantitative estimate of drug-likeness (QED) is 0.808. The summed E-state index contributed by atoms with van der Waals surface area (Å²) in [5.74, 6) is 0.421. The first-order chi connectivity index (χ1) is 10.9. The van der Waals surface area contributed by atoms with Gasteiger partial charge in [-0.15, -0.1) is 0 Å². The molecule has 0 saturated heterocycles. The molecule has 0 fully saturated rings. The molecule has 1 heterocycles. The SMILES string of the molecule is CCc1noc(CN(C)C(=O)[C@H](C)Oc2ccc(F)cc2Cl)n1. The molecular formula is C15H17ClFN3O3. The van der Waals surface area contributed by atoms with Crippen LogP contribution in [-0.4, -0.2) is 34.1 Å². The fourth-order valence-corrected chi connectivity index (χ4v) is 2.11. The number of hydrogen-bond acceptors (Lipinski definition) is 5. The van der Waals surface area contributed by atoms with Gasteiger partial charge >= 0.3 is 0 Å². The highest BCUT2D eigenvalue weighted by molar-refractivity contribution is 6.32. The van der Waals surface area contributed by atoms with Crippen LogP contribution in [0.3, 0.4) is 0 Å². The van der Waals surface area contributed by atoms with Crippen molar-refractivity contribution in [2.24, 2.45) is 0 Å². The van der Waals surface area contributed by atoms with E-state index < -0.39 is 11.9 Å². The Bertz CT molecular complexity index is 692. The Hall–Kier alpha value is -2.15. The molecule has 8 heteroatoms. The summed E-state index contributed by atoms with van der Waals surface area (Å²) in [6, 6.07) is 3.72. The molecule has 2 rings (SSSR count). The topological polar surface area (TPSA) is 68.5 Å². The van der Waals surface area contributed by atoms with E-state index in [0.717, 1.165) is 6.07 Å². The average Bonchev–Trinajstić information content (AvgIpc) is 2.96. The molecule has 0 aliphatic rings. The molecule has 0 bridgehead atoms. The van der Waals surface area contributed by atoms with Crippen LogP contribution < -0.4 is 4.74 Å². The van der Waals surface area contributed by atoms with E-state index in [9.17, 15) is 9.18 Å². The number of aromatic nitrogens is 2. The normalized spacial score (nSPS) is 12.0. The number of nitrogens with zero attached hydrogens (tertiary/aromatic N) is 3. The summed E-state index contributed by atoms with van der Waals surface area (Å²) in [7, 11) is 1.60. The fraction of sp³-hybridized carbons (Fsp3) is 0.400. The first kappa shape index (κ1) is 17.2. The zero-order chi connectivity index (χ0) is 17.0. The first-order valence-electron chi connectivity index (χ1n) is 7.08. The summed E-state index contributed by atoms with van der Waals surface area (Å²) in [4.78, 5) is 17.9. The van der Waals surface area contributed by atoms with Crippen molar-refractivity contribution in [2.45, 2.75) is 32.9 Å². The Kier molecular flexibility index (Phi) is 5.54. The highest BCUT2D eigenvalue weighted by Gasteiger charge is 2.22. The monoisotopic (exact) mass is 341 g/mol. The highest BCUT2D eigenvalue weighted by atomic mass is 35.5. The van der Waals surface area contributed by atoms with E-state index in [2.05, 4.69) is 10.1 Å². The van der Waals surface area contributed by atoms with Crippen molar-refractivity contribution in [3.8, 4) is 5.75 Å². The van der Waals surface area contributed by atoms with Crippen LogP contribution in [0.5, 0.6) is 5.75 Å². The molecule has 2 aromatic rings. The van der Waals surface area contributed by atoms with Gasteiger partial charge in [-0.3, -0.25) is 4.79 Å². The van der Waals surface area contributed by atoms with E-state index in [1.54, 1.807) is 14.0 Å². The lowest BCUT2D eigenvalue weighted by molar-refractivity contribution is -0.137. The Morgan fingerprint density at radius 3 is 2.87 bits per heavy atom. The summed E-state index contributed by atoms with van der Waals surface area (Å²) in [5, 5.41) is 3.88. The summed E-state index contributed by atoms with van der Waals surface area (Å²) >= 11 is 5.88. The van der Waals surface area contributed by atoms with Crippen molar-refractivity contribution in [3.05, 3.63) is 40.8 Å². The number of carbonyl (C=O) groups is 1. The van der Waals surface area contributed by atoms with Gasteiger partial charge in [-0.1, -0.05) is 23.7 Å². The molecule has 23 heavy (non-hydrogen) atoms. The Morgan fingerprint density at radius 1 is 1.52 bits per heavy atom. The maximum atomic E-state index is 13.0. The van der Waals surface area contributed by atoms with Gasteiger partial charge in [-0.05, 0) is 25.1 Å². The van der Waals surface area contributed by atoms with Crippen LogP contribution in [0.25, 0.3) is 0 Å². The third-order valence-corrected chi connectivity index (χ3v) is 3.42. The lowest BCUT2D eigenvalue weighted by Gasteiger charge is -2.21. The number of rotatable bonds is 6. The molecular weight excluding hydrogens is 325 g/mol. The summed E-state index contributed by atoms with van der Waals surface area (Å²) in [6.07, 6.45) is -0.138. The lowest BCUT2D eigenvalue weighted by Crippen LogP contribution is -2.37. The van der Waals surface area contributed by atoms with Gasteiger partial charge in [-0.25, -0.2) is 4.39 Å². The van der Waals surface area contributed by atoms with Crippen LogP contribution in [0.1, 0.15) is 25.6 Å². The minimum atomic E-state index is -0.795. The largest absolute Gasteiger partial charge is 0.479 e. The van der Waals surface area contributed by atoms with Crippen molar-refractivity contribution < 1.29 is 18.4 Å². The molecule has 1 amide bonds. The maximum Gasteiger partial charge on any atom is 0.263 e. The molecule has 0 unspecified atom stereocenters. The van der Waals surface area contributed by atoms with Gasteiger partial charge < -0.3 is 14.2 Å². The second-order valence-electron chi connectivity index (χ2n) is 4.99. The Balaban J connectivity index is 1.97. The van der Waals surface area contributed by atoms with Crippen molar-refractivity contribution >= 4 is 17.5 Å². The van der Waals surface area contributed by atoms with Gasteiger partial charge in [0, 0.05) is 13.5 Å².